The van der Waals surface area contributed by atoms with Crippen LogP contribution in [0, 0.1) is 0 Å². The number of nitrogen functional groups attached to an aromatic ring is 1. The van der Waals surface area contributed by atoms with E-state index in [1.165, 1.54) is 11.5 Å². The molecule has 0 saturated carbocycles. The number of aromatic nitrogens is 2. The average molecular weight is 215 g/mol. The van der Waals surface area contributed by atoms with Gasteiger partial charge in [-0.05, 0) is 12.8 Å². The largest absolute Gasteiger partial charge is 0.388 e. The molecule has 1 aromatic heterocycles. The van der Waals surface area contributed by atoms with E-state index in [1.807, 2.05) is 0 Å². The van der Waals surface area contributed by atoms with E-state index in [1.54, 1.807) is 0 Å². The van der Waals surface area contributed by atoms with Crippen LogP contribution in [0.4, 0.5) is 5.00 Å². The zero-order valence-corrected chi connectivity index (χ0v) is 8.63. The monoisotopic (exact) mass is 215 g/mol. The zero-order chi connectivity index (χ0) is 9.80. The summed E-state index contributed by atoms with van der Waals surface area (Å²) in [4.78, 5) is 0. The van der Waals surface area contributed by atoms with Gasteiger partial charge in [0.05, 0.1) is 12.7 Å². The molecule has 1 aromatic rings. The quantitative estimate of drug-likeness (QED) is 0.808. The van der Waals surface area contributed by atoms with Crippen LogP contribution in [0.5, 0.6) is 0 Å². The van der Waals surface area contributed by atoms with E-state index in [0.29, 0.717) is 11.6 Å². The third kappa shape index (κ3) is 2.40. The molecule has 2 N–H and O–H groups in total. The molecule has 14 heavy (non-hydrogen) atoms. The SMILES string of the molecule is Nc1snnc1COC1CCOCC1. The van der Waals surface area contributed by atoms with E-state index >= 15 is 0 Å². The summed E-state index contributed by atoms with van der Waals surface area (Å²) < 4.78 is 14.6. The predicted molar refractivity (Wildman–Crippen MR) is 53.0 cm³/mol. The van der Waals surface area contributed by atoms with Crippen LogP contribution in [0.25, 0.3) is 0 Å². The molecule has 5 nitrogen and oxygen atoms in total. The highest BCUT2D eigenvalue weighted by Gasteiger charge is 2.15. The normalized spacial score (nSPS) is 18.6. The maximum atomic E-state index is 5.65. The van der Waals surface area contributed by atoms with Crippen molar-refractivity contribution in [3.8, 4) is 0 Å². The van der Waals surface area contributed by atoms with Crippen LogP contribution in [0.3, 0.4) is 0 Å². The first-order valence-electron chi connectivity index (χ1n) is 4.62. The summed E-state index contributed by atoms with van der Waals surface area (Å²) in [5.41, 5.74) is 6.40. The Morgan fingerprint density at radius 2 is 2.29 bits per heavy atom. The molecule has 6 heteroatoms. The summed E-state index contributed by atoms with van der Waals surface area (Å²) in [5, 5.41) is 4.54. The third-order valence-electron chi connectivity index (χ3n) is 2.21. The second kappa shape index (κ2) is 4.68. The first kappa shape index (κ1) is 9.82. The Kier molecular flexibility index (Phi) is 3.28. The van der Waals surface area contributed by atoms with E-state index in [0.717, 1.165) is 31.7 Å². The highest BCUT2D eigenvalue weighted by atomic mass is 32.1. The van der Waals surface area contributed by atoms with Gasteiger partial charge in [0, 0.05) is 24.7 Å². The topological polar surface area (TPSA) is 70.3 Å². The van der Waals surface area contributed by atoms with E-state index in [2.05, 4.69) is 9.59 Å². The van der Waals surface area contributed by atoms with Crippen molar-refractivity contribution in [3.63, 3.8) is 0 Å². The summed E-state index contributed by atoms with van der Waals surface area (Å²) in [5.74, 6) is 0. The lowest BCUT2D eigenvalue weighted by Crippen LogP contribution is -2.23. The lowest BCUT2D eigenvalue weighted by Gasteiger charge is -2.21. The van der Waals surface area contributed by atoms with Gasteiger partial charge in [-0.1, -0.05) is 4.49 Å². The molecule has 0 aliphatic carbocycles. The Morgan fingerprint density at radius 3 is 2.93 bits per heavy atom. The van der Waals surface area contributed by atoms with Gasteiger partial charge >= 0.3 is 0 Å². The maximum Gasteiger partial charge on any atom is 0.133 e. The van der Waals surface area contributed by atoms with Crippen LogP contribution in [-0.2, 0) is 16.1 Å². The van der Waals surface area contributed by atoms with Crippen molar-refractivity contribution < 1.29 is 9.47 Å². The number of hydrogen-bond acceptors (Lipinski definition) is 6. The average Bonchev–Trinajstić information content (AvgIpc) is 2.63. The minimum Gasteiger partial charge on any atom is -0.388 e. The van der Waals surface area contributed by atoms with Crippen LogP contribution >= 0.6 is 11.5 Å². The molecule has 0 aromatic carbocycles. The van der Waals surface area contributed by atoms with Gasteiger partial charge in [0.2, 0.25) is 0 Å². The number of nitrogens with two attached hydrogens (primary N) is 1. The highest BCUT2D eigenvalue weighted by Crippen LogP contribution is 2.17. The Morgan fingerprint density at radius 1 is 1.50 bits per heavy atom. The third-order valence-corrected chi connectivity index (χ3v) is 2.80. The number of ether oxygens (including phenoxy) is 2. The van der Waals surface area contributed by atoms with Crippen LogP contribution < -0.4 is 5.73 Å². The molecule has 0 atom stereocenters. The first-order chi connectivity index (χ1) is 6.86. The van der Waals surface area contributed by atoms with Crippen molar-refractivity contribution in [2.45, 2.75) is 25.6 Å². The summed E-state index contributed by atoms with van der Waals surface area (Å²) in [7, 11) is 0. The lowest BCUT2D eigenvalue weighted by atomic mass is 10.1. The van der Waals surface area contributed by atoms with Crippen molar-refractivity contribution in [1.82, 2.24) is 9.59 Å². The van der Waals surface area contributed by atoms with Gasteiger partial charge in [-0.3, -0.25) is 0 Å². The summed E-state index contributed by atoms with van der Waals surface area (Å²) in [6, 6.07) is 0. The molecule has 0 unspecified atom stereocenters. The maximum absolute atomic E-state index is 5.65. The summed E-state index contributed by atoms with van der Waals surface area (Å²) >= 11 is 1.20. The standard InChI is InChI=1S/C8H13N3O2S/c9-8-7(10-11-14-8)5-13-6-1-3-12-4-2-6/h6H,1-5,9H2. The summed E-state index contributed by atoms with van der Waals surface area (Å²) in [6.07, 6.45) is 2.19. The van der Waals surface area contributed by atoms with Crippen LogP contribution in [0.2, 0.25) is 0 Å². The Balaban J connectivity index is 1.79. The molecule has 78 valence electrons. The molecular weight excluding hydrogens is 202 g/mol. The second-order valence-electron chi connectivity index (χ2n) is 3.21. The second-order valence-corrected chi connectivity index (χ2v) is 3.99. The lowest BCUT2D eigenvalue weighted by molar-refractivity contribution is -0.0397. The minimum atomic E-state index is 0.282. The molecular formula is C8H13N3O2S. The predicted octanol–water partition coefficient (Wildman–Crippen LogP) is 0.816. The highest BCUT2D eigenvalue weighted by molar-refractivity contribution is 7.09. The fraction of sp³-hybridized carbons (Fsp3) is 0.750. The van der Waals surface area contributed by atoms with Crippen molar-refractivity contribution >= 4 is 16.5 Å². The Bertz CT molecular complexity index is 286. The molecule has 0 amide bonds. The number of hydrogen-bond donors (Lipinski definition) is 1. The van der Waals surface area contributed by atoms with Gasteiger partial charge in [0.1, 0.15) is 10.7 Å². The van der Waals surface area contributed by atoms with Crippen molar-refractivity contribution in [3.05, 3.63) is 5.69 Å². The van der Waals surface area contributed by atoms with E-state index in [-0.39, 0.29) is 6.10 Å². The fourth-order valence-electron chi connectivity index (χ4n) is 1.36. The number of rotatable bonds is 3. The van der Waals surface area contributed by atoms with Crippen molar-refractivity contribution in [2.75, 3.05) is 18.9 Å². The van der Waals surface area contributed by atoms with Crippen molar-refractivity contribution in [1.29, 1.82) is 0 Å². The molecule has 0 bridgehead atoms. The van der Waals surface area contributed by atoms with Gasteiger partial charge in [-0.2, -0.15) is 0 Å². The fourth-order valence-corrected chi connectivity index (χ4v) is 1.79. The molecule has 1 aliphatic rings. The van der Waals surface area contributed by atoms with E-state index in [4.69, 9.17) is 15.2 Å². The van der Waals surface area contributed by atoms with E-state index < -0.39 is 0 Å². The molecule has 0 spiro atoms. The van der Waals surface area contributed by atoms with Crippen LogP contribution in [0.15, 0.2) is 0 Å². The molecule has 1 fully saturated rings. The van der Waals surface area contributed by atoms with Gasteiger partial charge in [-0.15, -0.1) is 5.10 Å². The molecule has 2 rings (SSSR count). The first-order valence-corrected chi connectivity index (χ1v) is 5.39. The van der Waals surface area contributed by atoms with Crippen LogP contribution in [0.1, 0.15) is 18.5 Å². The van der Waals surface area contributed by atoms with Gasteiger partial charge in [0.25, 0.3) is 0 Å². The smallest absolute Gasteiger partial charge is 0.133 e. The van der Waals surface area contributed by atoms with Crippen molar-refractivity contribution in [2.24, 2.45) is 0 Å². The van der Waals surface area contributed by atoms with E-state index in [9.17, 15) is 0 Å². The molecule has 1 aliphatic heterocycles. The Labute approximate surface area is 86.4 Å². The molecule has 1 saturated heterocycles. The Hall–Kier alpha value is -0.720. The zero-order valence-electron chi connectivity index (χ0n) is 7.81. The molecule has 0 radical (unpaired) electrons. The number of anilines is 1. The minimum absolute atomic E-state index is 0.282. The van der Waals surface area contributed by atoms with Gasteiger partial charge in [-0.25, -0.2) is 0 Å². The number of nitrogens with zero attached hydrogens (tertiary/aromatic N) is 2. The van der Waals surface area contributed by atoms with Gasteiger partial charge in [0.15, 0.2) is 0 Å². The van der Waals surface area contributed by atoms with Gasteiger partial charge < -0.3 is 15.2 Å². The summed E-state index contributed by atoms with van der Waals surface area (Å²) in [6.45, 7) is 2.04. The molecule has 2 heterocycles. The van der Waals surface area contributed by atoms with Crippen LogP contribution in [-0.4, -0.2) is 28.9 Å².